The molecule has 0 saturated heterocycles. The molecule has 1 aliphatic rings. The van der Waals surface area contributed by atoms with Crippen molar-refractivity contribution in [2.24, 2.45) is 15.7 Å². The van der Waals surface area contributed by atoms with Crippen molar-refractivity contribution in [1.82, 2.24) is 0 Å². The molecule has 1 amide bonds. The van der Waals surface area contributed by atoms with E-state index in [1.54, 1.807) is 5.55 Å². The van der Waals surface area contributed by atoms with Gasteiger partial charge in [-0.25, -0.2) is 4.99 Å². The van der Waals surface area contributed by atoms with Crippen LogP contribution in [-0.2, 0) is 4.79 Å². The second-order valence-corrected chi connectivity index (χ2v) is 2.60. The maximum atomic E-state index is 10.8. The molecule has 11 heavy (non-hydrogen) atoms. The van der Waals surface area contributed by atoms with E-state index in [1.165, 1.54) is 17.8 Å². The van der Waals surface area contributed by atoms with Crippen LogP contribution in [0.3, 0.4) is 0 Å². The molecule has 0 unspecified atom stereocenters. The smallest absolute Gasteiger partial charge is 0.272 e. The lowest BCUT2D eigenvalue weighted by Crippen LogP contribution is -1.98. The molecular formula is C6H7N3OS. The zero-order valence-electron chi connectivity index (χ0n) is 5.73. The zero-order chi connectivity index (χ0) is 8.10. The first-order valence-corrected chi connectivity index (χ1v) is 4.02. The Balaban J connectivity index is 2.57. The largest absolute Gasteiger partial charge is 0.404 e. The van der Waals surface area contributed by atoms with Gasteiger partial charge >= 0.3 is 0 Å². The molecule has 0 aromatic heterocycles. The van der Waals surface area contributed by atoms with Crippen molar-refractivity contribution in [3.05, 3.63) is 12.3 Å². The SMILES string of the molecule is NC=CC(=O)N=C1CSC=N1. The number of hydrogen-bond donors (Lipinski definition) is 1. The highest BCUT2D eigenvalue weighted by Crippen LogP contribution is 2.05. The molecular weight excluding hydrogens is 162 g/mol. The van der Waals surface area contributed by atoms with Crippen molar-refractivity contribution in [1.29, 1.82) is 0 Å². The fourth-order valence-corrected chi connectivity index (χ4v) is 1.11. The average Bonchev–Trinajstić information content (AvgIpc) is 2.40. The van der Waals surface area contributed by atoms with Crippen LogP contribution in [0.2, 0.25) is 0 Å². The van der Waals surface area contributed by atoms with Crippen LogP contribution in [0.25, 0.3) is 0 Å². The molecule has 58 valence electrons. The van der Waals surface area contributed by atoms with Crippen LogP contribution in [0.15, 0.2) is 22.3 Å². The van der Waals surface area contributed by atoms with Crippen LogP contribution in [-0.4, -0.2) is 23.0 Å². The maximum absolute atomic E-state index is 10.8. The number of nitrogens with two attached hydrogens (primary N) is 1. The van der Waals surface area contributed by atoms with Gasteiger partial charge in [-0.1, -0.05) is 0 Å². The molecule has 1 rings (SSSR count). The topological polar surface area (TPSA) is 67.8 Å². The average molecular weight is 169 g/mol. The molecule has 1 aliphatic heterocycles. The Kier molecular flexibility index (Phi) is 2.85. The van der Waals surface area contributed by atoms with Crippen LogP contribution >= 0.6 is 11.8 Å². The molecule has 0 aromatic carbocycles. The molecule has 4 nitrogen and oxygen atoms in total. The van der Waals surface area contributed by atoms with Crippen molar-refractivity contribution < 1.29 is 4.79 Å². The Morgan fingerprint density at radius 1 is 1.91 bits per heavy atom. The summed E-state index contributed by atoms with van der Waals surface area (Å²) in [4.78, 5) is 18.3. The highest BCUT2D eigenvalue weighted by atomic mass is 32.2. The normalized spacial score (nSPS) is 20.2. The minimum atomic E-state index is -0.359. The van der Waals surface area contributed by atoms with Gasteiger partial charge in [-0.05, 0) is 6.20 Å². The van der Waals surface area contributed by atoms with E-state index in [-0.39, 0.29) is 5.91 Å². The number of amidine groups is 1. The quantitative estimate of drug-likeness (QED) is 0.568. The summed E-state index contributed by atoms with van der Waals surface area (Å²) in [5, 5.41) is 0. The lowest BCUT2D eigenvalue weighted by atomic mass is 10.5. The zero-order valence-corrected chi connectivity index (χ0v) is 6.54. The molecule has 0 aliphatic carbocycles. The number of thioether (sulfide) groups is 1. The van der Waals surface area contributed by atoms with Gasteiger partial charge < -0.3 is 5.73 Å². The summed E-state index contributed by atoms with van der Waals surface area (Å²) in [5.74, 6) is 0.865. The van der Waals surface area contributed by atoms with E-state index in [0.29, 0.717) is 11.6 Å². The van der Waals surface area contributed by atoms with Crippen molar-refractivity contribution in [2.75, 3.05) is 5.75 Å². The van der Waals surface area contributed by atoms with Gasteiger partial charge in [-0.3, -0.25) is 4.79 Å². The van der Waals surface area contributed by atoms with Crippen molar-refractivity contribution in [3.63, 3.8) is 0 Å². The predicted octanol–water partition coefficient (Wildman–Crippen LogP) is 0.159. The first kappa shape index (κ1) is 8.00. The third-order valence-electron chi connectivity index (χ3n) is 0.967. The van der Waals surface area contributed by atoms with E-state index in [1.807, 2.05) is 0 Å². The minimum Gasteiger partial charge on any atom is -0.404 e. The predicted molar refractivity (Wildman–Crippen MR) is 46.7 cm³/mol. The molecule has 0 aromatic rings. The summed E-state index contributed by atoms with van der Waals surface area (Å²) >= 11 is 1.51. The lowest BCUT2D eigenvalue weighted by molar-refractivity contribution is -0.113. The molecule has 0 radical (unpaired) electrons. The minimum absolute atomic E-state index is 0.359. The standard InChI is InChI=1S/C6H7N3OS/c7-2-1-6(10)9-5-3-11-4-8-5/h1-2,4H,3,7H2. The maximum Gasteiger partial charge on any atom is 0.272 e. The fraction of sp³-hybridized carbons (Fsp3) is 0.167. The second kappa shape index (κ2) is 3.92. The van der Waals surface area contributed by atoms with Crippen LogP contribution in [0.4, 0.5) is 0 Å². The van der Waals surface area contributed by atoms with Crippen LogP contribution in [0.1, 0.15) is 0 Å². The summed E-state index contributed by atoms with van der Waals surface area (Å²) in [6.45, 7) is 0. The molecule has 0 fully saturated rings. The number of rotatable bonds is 1. The third-order valence-corrected chi connectivity index (χ3v) is 1.65. The van der Waals surface area contributed by atoms with E-state index in [2.05, 4.69) is 9.98 Å². The number of carbonyl (C=O) groups is 1. The van der Waals surface area contributed by atoms with E-state index in [0.717, 1.165) is 6.20 Å². The van der Waals surface area contributed by atoms with Crippen LogP contribution in [0.5, 0.6) is 0 Å². The van der Waals surface area contributed by atoms with E-state index in [9.17, 15) is 4.79 Å². The van der Waals surface area contributed by atoms with Gasteiger partial charge in [-0.2, -0.15) is 4.99 Å². The van der Waals surface area contributed by atoms with Crippen molar-refractivity contribution in [3.8, 4) is 0 Å². The first-order chi connectivity index (χ1) is 5.33. The summed E-state index contributed by atoms with van der Waals surface area (Å²) in [6.07, 6.45) is 2.36. The van der Waals surface area contributed by atoms with Gasteiger partial charge in [0, 0.05) is 6.08 Å². The Morgan fingerprint density at radius 3 is 3.27 bits per heavy atom. The Bertz CT molecular complexity index is 244. The Labute approximate surface area is 68.3 Å². The molecule has 1 heterocycles. The Hall–Kier alpha value is -1.10. The second-order valence-electron chi connectivity index (χ2n) is 1.77. The molecule has 0 spiro atoms. The van der Waals surface area contributed by atoms with Crippen molar-refractivity contribution in [2.45, 2.75) is 0 Å². The van der Waals surface area contributed by atoms with Gasteiger partial charge in [0.15, 0.2) is 0 Å². The van der Waals surface area contributed by atoms with E-state index >= 15 is 0 Å². The van der Waals surface area contributed by atoms with Gasteiger partial charge in [0.2, 0.25) is 0 Å². The van der Waals surface area contributed by atoms with Crippen molar-refractivity contribution >= 4 is 29.1 Å². The van der Waals surface area contributed by atoms with Gasteiger partial charge in [-0.15, -0.1) is 11.8 Å². The summed E-state index contributed by atoms with van der Waals surface area (Å²) in [6, 6.07) is 0. The summed E-state index contributed by atoms with van der Waals surface area (Å²) < 4.78 is 0. The van der Waals surface area contributed by atoms with E-state index < -0.39 is 0 Å². The van der Waals surface area contributed by atoms with E-state index in [4.69, 9.17) is 5.73 Å². The Morgan fingerprint density at radius 2 is 2.73 bits per heavy atom. The first-order valence-electron chi connectivity index (χ1n) is 2.97. The molecule has 0 saturated carbocycles. The van der Waals surface area contributed by atoms with Crippen LogP contribution < -0.4 is 5.73 Å². The number of amides is 1. The van der Waals surface area contributed by atoms with Gasteiger partial charge in [0.25, 0.3) is 5.91 Å². The number of hydrogen-bond acceptors (Lipinski definition) is 3. The lowest BCUT2D eigenvalue weighted by Gasteiger charge is -1.86. The summed E-state index contributed by atoms with van der Waals surface area (Å²) in [7, 11) is 0. The fourth-order valence-electron chi connectivity index (χ4n) is 0.555. The molecule has 0 atom stereocenters. The highest BCUT2D eigenvalue weighted by Gasteiger charge is 2.03. The third kappa shape index (κ3) is 2.55. The highest BCUT2D eigenvalue weighted by molar-refractivity contribution is 8.13. The number of nitrogens with zero attached hydrogens (tertiary/aromatic N) is 2. The molecule has 0 bridgehead atoms. The molecule has 2 N–H and O–H groups in total. The van der Waals surface area contributed by atoms with Gasteiger partial charge in [0.1, 0.15) is 5.84 Å². The summed E-state index contributed by atoms with van der Waals surface area (Å²) in [5.41, 5.74) is 6.65. The monoisotopic (exact) mass is 169 g/mol. The number of carbonyl (C=O) groups excluding carboxylic acids is 1. The van der Waals surface area contributed by atoms with Crippen LogP contribution in [0, 0.1) is 0 Å². The molecule has 5 heteroatoms. The number of aliphatic imine (C=N–C) groups is 2. The van der Waals surface area contributed by atoms with Gasteiger partial charge in [0.05, 0.1) is 11.3 Å².